The topological polar surface area (TPSA) is 177 Å². The SMILES string of the molecule is COc1cc(NCc2c(OC)ccc([N+](=O)[O-])c2Oc2c(OC)cc(C(=O)O)cc2OC)ccc1NC(=O)COC1CCCC(C)C1C(C)C. The zero-order chi connectivity index (χ0) is 36.5. The van der Waals surface area contributed by atoms with E-state index in [0.717, 1.165) is 12.8 Å². The molecule has 0 heterocycles. The molecule has 0 aromatic heterocycles. The summed E-state index contributed by atoms with van der Waals surface area (Å²) in [5.74, 6) is 0.253. The normalized spacial score (nSPS) is 17.1. The number of nitro groups is 1. The van der Waals surface area contributed by atoms with Gasteiger partial charge in [-0.2, -0.15) is 0 Å². The van der Waals surface area contributed by atoms with Crippen LogP contribution >= 0.6 is 0 Å². The third-order valence-corrected chi connectivity index (χ3v) is 8.90. The van der Waals surface area contributed by atoms with Crippen molar-refractivity contribution in [3.05, 3.63) is 63.7 Å². The van der Waals surface area contributed by atoms with Gasteiger partial charge in [0.15, 0.2) is 11.5 Å². The Kier molecular flexibility index (Phi) is 12.7. The number of aromatic carboxylic acids is 1. The highest BCUT2D eigenvalue weighted by atomic mass is 16.6. The lowest BCUT2D eigenvalue weighted by Gasteiger charge is -2.38. The summed E-state index contributed by atoms with van der Waals surface area (Å²) in [7, 11) is 5.51. The Morgan fingerprint density at radius 1 is 0.920 bits per heavy atom. The van der Waals surface area contributed by atoms with Crippen LogP contribution in [0, 0.1) is 27.9 Å². The number of rotatable bonds is 16. The summed E-state index contributed by atoms with van der Waals surface area (Å²) in [5, 5.41) is 27.8. The summed E-state index contributed by atoms with van der Waals surface area (Å²) in [5.41, 5.74) is 0.776. The first kappa shape index (κ1) is 37.6. The van der Waals surface area contributed by atoms with Gasteiger partial charge in [0.2, 0.25) is 17.4 Å². The van der Waals surface area contributed by atoms with Gasteiger partial charge in [-0.25, -0.2) is 4.79 Å². The molecule has 4 rings (SSSR count). The molecule has 1 aliphatic carbocycles. The molecule has 1 amide bonds. The molecule has 50 heavy (non-hydrogen) atoms. The molecule has 3 N–H and O–H groups in total. The second-order valence-electron chi connectivity index (χ2n) is 12.4. The molecule has 0 radical (unpaired) electrons. The lowest BCUT2D eigenvalue weighted by molar-refractivity contribution is -0.385. The van der Waals surface area contributed by atoms with Gasteiger partial charge in [-0.3, -0.25) is 14.9 Å². The van der Waals surface area contributed by atoms with Crippen LogP contribution in [-0.2, 0) is 16.1 Å². The van der Waals surface area contributed by atoms with E-state index < -0.39 is 10.9 Å². The Bertz CT molecular complexity index is 1670. The van der Waals surface area contributed by atoms with E-state index in [2.05, 4.69) is 31.4 Å². The molecule has 3 aromatic carbocycles. The van der Waals surface area contributed by atoms with Crippen molar-refractivity contribution in [2.45, 2.75) is 52.7 Å². The number of nitrogens with zero attached hydrogens (tertiary/aromatic N) is 1. The second-order valence-corrected chi connectivity index (χ2v) is 12.4. The fraction of sp³-hybridized carbons (Fsp3) is 0.444. The first-order chi connectivity index (χ1) is 23.9. The van der Waals surface area contributed by atoms with E-state index >= 15 is 0 Å². The number of carboxylic acids is 1. The fourth-order valence-corrected chi connectivity index (χ4v) is 6.56. The summed E-state index contributed by atoms with van der Waals surface area (Å²) < 4.78 is 34.1. The minimum atomic E-state index is -1.23. The number of anilines is 2. The van der Waals surface area contributed by atoms with E-state index in [9.17, 15) is 24.8 Å². The van der Waals surface area contributed by atoms with Crippen LogP contribution < -0.4 is 34.3 Å². The van der Waals surface area contributed by atoms with Gasteiger partial charge in [0.25, 0.3) is 0 Å². The third kappa shape index (κ3) is 8.67. The monoisotopic (exact) mass is 695 g/mol. The van der Waals surface area contributed by atoms with Crippen LogP contribution in [0.3, 0.4) is 0 Å². The molecule has 270 valence electrons. The molecule has 14 heteroatoms. The van der Waals surface area contributed by atoms with Crippen molar-refractivity contribution in [1.82, 2.24) is 0 Å². The van der Waals surface area contributed by atoms with E-state index in [4.69, 9.17) is 28.4 Å². The standard InChI is InChI=1S/C36H45N3O11/c1-20(2)33-21(3)9-8-10-28(33)49-19-32(40)38-25-12-11-23(17-29(25)46-5)37-18-24-27(45-4)14-13-26(39(43)44)34(24)50-35-30(47-6)15-22(36(41)42)16-31(35)48-7/h11-17,20-21,28,33,37H,8-10,18-19H2,1-7H3,(H,38,40)(H,41,42). The average Bonchev–Trinajstić information content (AvgIpc) is 3.09. The number of hydrogen-bond donors (Lipinski definition) is 3. The maximum absolute atomic E-state index is 12.9. The molecule has 0 aliphatic heterocycles. The maximum Gasteiger partial charge on any atom is 0.335 e. The van der Waals surface area contributed by atoms with Crippen LogP contribution in [0.4, 0.5) is 17.1 Å². The number of benzene rings is 3. The van der Waals surface area contributed by atoms with Gasteiger partial charge < -0.3 is 44.2 Å². The molecule has 3 aromatic rings. The minimum Gasteiger partial charge on any atom is -0.496 e. The van der Waals surface area contributed by atoms with Gasteiger partial charge in [0, 0.05) is 24.4 Å². The Balaban J connectivity index is 1.56. The van der Waals surface area contributed by atoms with Gasteiger partial charge in [-0.15, -0.1) is 0 Å². The number of carbonyl (C=O) groups excluding carboxylic acids is 1. The Morgan fingerprint density at radius 2 is 1.58 bits per heavy atom. The molecule has 1 aliphatic rings. The number of methoxy groups -OCH3 is 4. The highest BCUT2D eigenvalue weighted by Gasteiger charge is 2.34. The molecular weight excluding hydrogens is 650 g/mol. The number of ether oxygens (including phenoxy) is 6. The van der Waals surface area contributed by atoms with Crippen molar-refractivity contribution in [2.24, 2.45) is 17.8 Å². The highest BCUT2D eigenvalue weighted by Crippen LogP contribution is 2.47. The van der Waals surface area contributed by atoms with Crippen LogP contribution in [-0.4, -0.2) is 63.1 Å². The van der Waals surface area contributed by atoms with Crippen LogP contribution in [0.1, 0.15) is 56.0 Å². The van der Waals surface area contributed by atoms with Crippen LogP contribution in [0.25, 0.3) is 0 Å². The van der Waals surface area contributed by atoms with Gasteiger partial charge in [-0.05, 0) is 54.5 Å². The van der Waals surface area contributed by atoms with Crippen LogP contribution in [0.15, 0.2) is 42.5 Å². The number of carbonyl (C=O) groups is 2. The van der Waals surface area contributed by atoms with Crippen LogP contribution in [0.5, 0.6) is 34.5 Å². The second kappa shape index (κ2) is 16.9. The molecule has 0 saturated heterocycles. The molecule has 14 nitrogen and oxygen atoms in total. The first-order valence-electron chi connectivity index (χ1n) is 16.3. The number of nitrogens with one attached hydrogen (secondary N) is 2. The molecule has 0 spiro atoms. The fourth-order valence-electron chi connectivity index (χ4n) is 6.56. The molecular formula is C36H45N3O11. The quantitative estimate of drug-likeness (QED) is 0.102. The predicted octanol–water partition coefficient (Wildman–Crippen LogP) is 7.15. The van der Waals surface area contributed by atoms with Gasteiger partial charge in [-0.1, -0.05) is 33.6 Å². The van der Waals surface area contributed by atoms with Gasteiger partial charge >= 0.3 is 11.7 Å². The molecule has 3 unspecified atom stereocenters. The summed E-state index contributed by atoms with van der Waals surface area (Å²) in [6, 6.07) is 10.2. The zero-order valence-corrected chi connectivity index (χ0v) is 29.4. The summed E-state index contributed by atoms with van der Waals surface area (Å²) >= 11 is 0. The van der Waals surface area contributed by atoms with Crippen molar-refractivity contribution < 1.29 is 48.0 Å². The summed E-state index contributed by atoms with van der Waals surface area (Å²) in [4.78, 5) is 36.1. The highest BCUT2D eigenvalue weighted by molar-refractivity contribution is 5.93. The first-order valence-corrected chi connectivity index (χ1v) is 16.3. The van der Waals surface area contributed by atoms with Gasteiger partial charge in [0.1, 0.15) is 18.1 Å². The van der Waals surface area contributed by atoms with Gasteiger partial charge in [0.05, 0.1) is 56.3 Å². The summed E-state index contributed by atoms with van der Waals surface area (Å²) in [6.45, 7) is 6.55. The van der Waals surface area contributed by atoms with Crippen molar-refractivity contribution in [1.29, 1.82) is 0 Å². The predicted molar refractivity (Wildman–Crippen MR) is 186 cm³/mol. The van der Waals surface area contributed by atoms with Crippen molar-refractivity contribution in [3.8, 4) is 34.5 Å². The lowest BCUT2D eigenvalue weighted by Crippen LogP contribution is -2.38. The van der Waals surface area contributed by atoms with Crippen molar-refractivity contribution >= 4 is 28.9 Å². The average molecular weight is 696 g/mol. The van der Waals surface area contributed by atoms with E-state index in [0.29, 0.717) is 34.9 Å². The number of carboxylic acid groups (broad SMARTS) is 1. The minimum absolute atomic E-state index is 0.0152. The summed E-state index contributed by atoms with van der Waals surface area (Å²) in [6.07, 6.45) is 3.21. The molecule has 1 saturated carbocycles. The van der Waals surface area contributed by atoms with Crippen molar-refractivity contribution in [2.75, 3.05) is 45.7 Å². The van der Waals surface area contributed by atoms with Crippen LogP contribution in [0.2, 0.25) is 0 Å². The van der Waals surface area contributed by atoms with Crippen molar-refractivity contribution in [3.63, 3.8) is 0 Å². The Hall–Kier alpha value is -5.24. The molecule has 1 fully saturated rings. The number of hydrogen-bond acceptors (Lipinski definition) is 11. The lowest BCUT2D eigenvalue weighted by atomic mass is 9.72. The van der Waals surface area contributed by atoms with E-state index in [-0.39, 0.29) is 70.7 Å². The number of nitro benzene ring substituents is 1. The maximum atomic E-state index is 12.9. The molecule has 0 bridgehead atoms. The number of amides is 1. The largest absolute Gasteiger partial charge is 0.496 e. The van der Waals surface area contributed by atoms with E-state index in [1.807, 2.05) is 0 Å². The zero-order valence-electron chi connectivity index (χ0n) is 29.4. The smallest absolute Gasteiger partial charge is 0.335 e. The Labute approximate surface area is 291 Å². The molecule has 3 atom stereocenters. The van der Waals surface area contributed by atoms with E-state index in [1.165, 1.54) is 59.1 Å². The third-order valence-electron chi connectivity index (χ3n) is 8.90. The van der Waals surface area contributed by atoms with E-state index in [1.54, 1.807) is 18.2 Å². The Morgan fingerprint density at radius 3 is 2.16 bits per heavy atom.